The van der Waals surface area contributed by atoms with E-state index in [2.05, 4.69) is 10.2 Å². The van der Waals surface area contributed by atoms with Crippen molar-refractivity contribution in [1.82, 2.24) is 10.2 Å². The Kier molecular flexibility index (Phi) is 3.73. The summed E-state index contributed by atoms with van der Waals surface area (Å²) < 4.78 is 15.8. The Hall–Kier alpha value is -2.21. The maximum atomic E-state index is 11.7. The largest absolute Gasteiger partial charge is 0.454 e. The summed E-state index contributed by atoms with van der Waals surface area (Å²) in [5, 5.41) is 7.78. The van der Waals surface area contributed by atoms with Crippen LogP contribution in [0.2, 0.25) is 0 Å². The average Bonchev–Trinajstić information content (AvgIpc) is 3.17. The highest BCUT2D eigenvalue weighted by Gasteiger charge is 2.25. The van der Waals surface area contributed by atoms with Gasteiger partial charge in [0.2, 0.25) is 5.89 Å². The number of carbonyl (C=O) groups is 1. The molecule has 1 atom stereocenters. The van der Waals surface area contributed by atoms with Crippen molar-refractivity contribution < 1.29 is 18.7 Å². The lowest BCUT2D eigenvalue weighted by Gasteiger charge is -2.07. The van der Waals surface area contributed by atoms with Gasteiger partial charge in [0.25, 0.3) is 5.89 Å². The lowest BCUT2D eigenvalue weighted by Crippen LogP contribution is -2.22. The number of carbonyl (C=O) groups excluding carboxylic acids is 1. The highest BCUT2D eigenvalue weighted by molar-refractivity contribution is 5.74. The van der Waals surface area contributed by atoms with Crippen LogP contribution < -0.4 is 0 Å². The van der Waals surface area contributed by atoms with Gasteiger partial charge in [0.15, 0.2) is 12.7 Å². The molecule has 3 rings (SSSR count). The molecule has 0 aliphatic carbocycles. The van der Waals surface area contributed by atoms with Crippen LogP contribution in [0.4, 0.5) is 0 Å². The Balaban J connectivity index is 1.59. The molecule has 6 heteroatoms. The smallest absolute Gasteiger partial charge is 0.335 e. The predicted octanol–water partition coefficient (Wildman–Crippen LogP) is 1.96. The molecule has 1 aromatic heterocycles. The topological polar surface area (TPSA) is 74.5 Å². The number of aromatic nitrogens is 2. The Labute approximate surface area is 115 Å². The van der Waals surface area contributed by atoms with E-state index in [0.29, 0.717) is 18.9 Å². The summed E-state index contributed by atoms with van der Waals surface area (Å²) in [6.45, 7) is 0.580. The minimum atomic E-state index is -0.452. The molecule has 0 saturated carbocycles. The lowest BCUT2D eigenvalue weighted by atomic mass is 10.2. The Bertz CT molecular complexity index is 576. The van der Waals surface area contributed by atoms with E-state index in [1.165, 1.54) is 0 Å². The predicted molar refractivity (Wildman–Crippen MR) is 68.5 cm³/mol. The summed E-state index contributed by atoms with van der Waals surface area (Å²) >= 11 is 0. The molecule has 1 saturated heterocycles. The number of hydrogen-bond donors (Lipinski definition) is 0. The first-order chi connectivity index (χ1) is 9.83. The third kappa shape index (κ3) is 2.85. The van der Waals surface area contributed by atoms with Crippen molar-refractivity contribution in [3.05, 3.63) is 36.2 Å². The number of hydrogen-bond acceptors (Lipinski definition) is 6. The van der Waals surface area contributed by atoms with Crippen LogP contribution in [-0.2, 0) is 20.9 Å². The molecule has 20 heavy (non-hydrogen) atoms. The summed E-state index contributed by atoms with van der Waals surface area (Å²) in [5.41, 5.74) is 0.830. The highest BCUT2D eigenvalue weighted by atomic mass is 16.6. The minimum Gasteiger partial charge on any atom is -0.454 e. The van der Waals surface area contributed by atoms with Crippen LogP contribution in [0.1, 0.15) is 18.7 Å². The van der Waals surface area contributed by atoms with Gasteiger partial charge in [0, 0.05) is 12.2 Å². The zero-order chi connectivity index (χ0) is 13.8. The molecule has 1 unspecified atom stereocenters. The van der Waals surface area contributed by atoms with Crippen LogP contribution in [0, 0.1) is 0 Å². The fraction of sp³-hybridized carbons (Fsp3) is 0.357. The molecule has 1 fully saturated rings. The van der Waals surface area contributed by atoms with Gasteiger partial charge >= 0.3 is 5.97 Å². The summed E-state index contributed by atoms with van der Waals surface area (Å²) in [5.74, 6) is 0.311. The van der Waals surface area contributed by atoms with Crippen molar-refractivity contribution >= 4 is 5.97 Å². The van der Waals surface area contributed by atoms with E-state index in [4.69, 9.17) is 13.9 Å². The molecule has 6 nitrogen and oxygen atoms in total. The number of rotatable bonds is 4. The summed E-state index contributed by atoms with van der Waals surface area (Å²) in [7, 11) is 0. The Morgan fingerprint density at radius 3 is 2.90 bits per heavy atom. The highest BCUT2D eigenvalue weighted by Crippen LogP contribution is 2.18. The second kappa shape index (κ2) is 5.83. The van der Waals surface area contributed by atoms with Crippen LogP contribution in [0.15, 0.2) is 34.7 Å². The van der Waals surface area contributed by atoms with Gasteiger partial charge in [-0.25, -0.2) is 4.79 Å². The summed E-state index contributed by atoms with van der Waals surface area (Å²) in [6, 6.07) is 9.42. The van der Waals surface area contributed by atoms with Crippen molar-refractivity contribution in [3.8, 4) is 11.5 Å². The van der Waals surface area contributed by atoms with Crippen LogP contribution in [-0.4, -0.2) is 28.9 Å². The van der Waals surface area contributed by atoms with Gasteiger partial charge in [0.05, 0.1) is 0 Å². The minimum absolute atomic E-state index is 0.0292. The molecule has 0 amide bonds. The molecule has 1 aliphatic heterocycles. The van der Waals surface area contributed by atoms with Gasteiger partial charge in [-0.1, -0.05) is 18.2 Å². The quantitative estimate of drug-likeness (QED) is 0.793. The SMILES string of the molecule is O=C(OCc1nnc(-c2ccccc2)o1)C1CCCO1. The van der Waals surface area contributed by atoms with Gasteiger partial charge in [-0.05, 0) is 25.0 Å². The van der Waals surface area contributed by atoms with Crippen molar-refractivity contribution in [2.24, 2.45) is 0 Å². The van der Waals surface area contributed by atoms with Gasteiger partial charge in [-0.15, -0.1) is 10.2 Å². The first kappa shape index (κ1) is 12.8. The summed E-state index contributed by atoms with van der Waals surface area (Å²) in [6.07, 6.45) is 1.14. The Morgan fingerprint density at radius 1 is 1.30 bits per heavy atom. The van der Waals surface area contributed by atoms with Crippen molar-refractivity contribution in [2.45, 2.75) is 25.6 Å². The van der Waals surface area contributed by atoms with E-state index in [1.807, 2.05) is 30.3 Å². The molecule has 1 aliphatic rings. The molecule has 1 aromatic carbocycles. The summed E-state index contributed by atoms with van der Waals surface area (Å²) in [4.78, 5) is 11.7. The fourth-order valence-electron chi connectivity index (χ4n) is 2.00. The van der Waals surface area contributed by atoms with Crippen LogP contribution in [0.25, 0.3) is 11.5 Å². The third-order valence-electron chi connectivity index (χ3n) is 3.02. The lowest BCUT2D eigenvalue weighted by molar-refractivity contribution is -0.156. The van der Waals surface area contributed by atoms with E-state index < -0.39 is 6.10 Å². The van der Waals surface area contributed by atoms with Crippen molar-refractivity contribution in [2.75, 3.05) is 6.61 Å². The Morgan fingerprint density at radius 2 is 2.15 bits per heavy atom. The van der Waals surface area contributed by atoms with Gasteiger partial charge in [-0.2, -0.15) is 0 Å². The molecule has 0 bridgehead atoms. The molecule has 2 heterocycles. The molecular formula is C14H14N2O4. The number of nitrogens with zero attached hydrogens (tertiary/aromatic N) is 2. The van der Waals surface area contributed by atoms with Crippen LogP contribution in [0.3, 0.4) is 0 Å². The number of esters is 1. The number of ether oxygens (including phenoxy) is 2. The van der Waals surface area contributed by atoms with E-state index in [0.717, 1.165) is 12.0 Å². The monoisotopic (exact) mass is 274 g/mol. The molecule has 0 N–H and O–H groups in total. The van der Waals surface area contributed by atoms with Gasteiger partial charge in [0.1, 0.15) is 0 Å². The van der Waals surface area contributed by atoms with Crippen molar-refractivity contribution in [3.63, 3.8) is 0 Å². The first-order valence-electron chi connectivity index (χ1n) is 6.49. The third-order valence-corrected chi connectivity index (χ3v) is 3.02. The number of benzene rings is 1. The van der Waals surface area contributed by atoms with E-state index >= 15 is 0 Å². The van der Waals surface area contributed by atoms with E-state index in [-0.39, 0.29) is 18.5 Å². The first-order valence-corrected chi connectivity index (χ1v) is 6.49. The molecular weight excluding hydrogens is 260 g/mol. The molecule has 0 radical (unpaired) electrons. The zero-order valence-corrected chi connectivity index (χ0v) is 10.8. The van der Waals surface area contributed by atoms with Crippen LogP contribution in [0.5, 0.6) is 0 Å². The van der Waals surface area contributed by atoms with E-state index in [9.17, 15) is 4.79 Å². The second-order valence-electron chi connectivity index (χ2n) is 4.48. The maximum absolute atomic E-state index is 11.7. The van der Waals surface area contributed by atoms with Crippen LogP contribution >= 0.6 is 0 Å². The van der Waals surface area contributed by atoms with Crippen molar-refractivity contribution in [1.29, 1.82) is 0 Å². The molecule has 104 valence electrons. The standard InChI is InChI=1S/C14H14N2O4/c17-14(11-7-4-8-18-11)19-9-12-15-16-13(20-12)10-5-2-1-3-6-10/h1-3,5-6,11H,4,7-9H2. The fourth-order valence-corrected chi connectivity index (χ4v) is 2.00. The zero-order valence-electron chi connectivity index (χ0n) is 10.8. The second-order valence-corrected chi connectivity index (χ2v) is 4.48. The molecule has 2 aromatic rings. The molecule has 0 spiro atoms. The van der Waals surface area contributed by atoms with Gasteiger partial charge < -0.3 is 13.9 Å². The normalized spacial score (nSPS) is 18.1. The van der Waals surface area contributed by atoms with E-state index in [1.54, 1.807) is 0 Å². The maximum Gasteiger partial charge on any atom is 0.335 e. The average molecular weight is 274 g/mol. The van der Waals surface area contributed by atoms with Gasteiger partial charge in [-0.3, -0.25) is 0 Å².